The summed E-state index contributed by atoms with van der Waals surface area (Å²) in [4.78, 5) is 37.7. The molecule has 8 nitrogen and oxygen atoms in total. The summed E-state index contributed by atoms with van der Waals surface area (Å²) in [6.45, 7) is 1.02. The summed E-state index contributed by atoms with van der Waals surface area (Å²) in [5, 5.41) is 11.9. The summed E-state index contributed by atoms with van der Waals surface area (Å²) in [5.41, 5.74) is 0.516. The van der Waals surface area contributed by atoms with Crippen molar-refractivity contribution in [1.82, 2.24) is 4.90 Å². The Morgan fingerprint density at radius 1 is 1.24 bits per heavy atom. The maximum absolute atomic E-state index is 12.5. The van der Waals surface area contributed by atoms with Gasteiger partial charge < -0.3 is 24.8 Å². The van der Waals surface area contributed by atoms with Crippen LogP contribution in [0, 0.1) is 5.92 Å². The standard InChI is InChI=1S/C17H22N2O6/c1-24-15(21)12-5-6-13(16(22)25-2)14(8-12)18-17(23)19-7-3-4-11(9-19)10-20/h5-6,8,11,20H,3-4,7,9-10H2,1-2H3,(H,18,23)/t11-/m1/s1. The highest BCUT2D eigenvalue weighted by Gasteiger charge is 2.25. The van der Waals surface area contributed by atoms with Gasteiger partial charge in [0, 0.05) is 19.7 Å². The molecule has 1 aliphatic heterocycles. The summed E-state index contributed by atoms with van der Waals surface area (Å²) in [6, 6.07) is 3.81. The third-order valence-corrected chi connectivity index (χ3v) is 4.15. The molecular formula is C17H22N2O6. The zero-order valence-corrected chi connectivity index (χ0v) is 14.3. The number of piperidine rings is 1. The van der Waals surface area contributed by atoms with Gasteiger partial charge >= 0.3 is 18.0 Å². The summed E-state index contributed by atoms with van der Waals surface area (Å²) in [5.74, 6) is -1.16. The fourth-order valence-electron chi connectivity index (χ4n) is 2.77. The van der Waals surface area contributed by atoms with Gasteiger partial charge in [0.15, 0.2) is 0 Å². The number of nitrogens with zero attached hydrogens (tertiary/aromatic N) is 1. The fraction of sp³-hybridized carbons (Fsp3) is 0.471. The van der Waals surface area contributed by atoms with Crippen molar-refractivity contribution in [1.29, 1.82) is 0 Å². The van der Waals surface area contributed by atoms with Gasteiger partial charge in [0.1, 0.15) is 0 Å². The number of hydrogen-bond donors (Lipinski definition) is 2. The Hall–Kier alpha value is -2.61. The lowest BCUT2D eigenvalue weighted by atomic mass is 9.99. The number of likely N-dealkylation sites (tertiary alicyclic amines) is 1. The minimum absolute atomic E-state index is 0.0228. The Morgan fingerprint density at radius 2 is 1.96 bits per heavy atom. The number of ether oxygens (including phenoxy) is 2. The van der Waals surface area contributed by atoms with Crippen LogP contribution in [0.3, 0.4) is 0 Å². The van der Waals surface area contributed by atoms with Crippen LogP contribution in [-0.2, 0) is 9.47 Å². The van der Waals surface area contributed by atoms with Crippen molar-refractivity contribution in [2.75, 3.05) is 39.2 Å². The van der Waals surface area contributed by atoms with Crippen molar-refractivity contribution in [2.45, 2.75) is 12.8 Å². The second kappa shape index (κ2) is 8.48. The molecule has 0 bridgehead atoms. The molecule has 0 aromatic heterocycles. The average molecular weight is 350 g/mol. The monoisotopic (exact) mass is 350 g/mol. The number of rotatable bonds is 4. The Balaban J connectivity index is 2.24. The molecule has 2 rings (SSSR count). The Labute approximate surface area is 145 Å². The number of esters is 2. The van der Waals surface area contributed by atoms with E-state index in [1.165, 1.54) is 32.4 Å². The average Bonchev–Trinajstić information content (AvgIpc) is 2.66. The number of amides is 2. The molecule has 0 radical (unpaired) electrons. The number of anilines is 1. The van der Waals surface area contributed by atoms with Gasteiger partial charge in [-0.15, -0.1) is 0 Å². The molecule has 2 amide bonds. The van der Waals surface area contributed by atoms with E-state index < -0.39 is 18.0 Å². The largest absolute Gasteiger partial charge is 0.465 e. The van der Waals surface area contributed by atoms with Crippen LogP contribution in [0.15, 0.2) is 18.2 Å². The molecule has 0 saturated carbocycles. The van der Waals surface area contributed by atoms with Crippen molar-refractivity contribution < 1.29 is 29.0 Å². The van der Waals surface area contributed by atoms with Crippen LogP contribution in [-0.4, -0.2) is 61.9 Å². The van der Waals surface area contributed by atoms with E-state index in [0.717, 1.165) is 12.8 Å². The molecule has 0 aliphatic carbocycles. The third kappa shape index (κ3) is 4.48. The van der Waals surface area contributed by atoms with E-state index in [1.54, 1.807) is 4.90 Å². The molecule has 8 heteroatoms. The number of nitrogens with one attached hydrogen (secondary N) is 1. The van der Waals surface area contributed by atoms with Crippen LogP contribution >= 0.6 is 0 Å². The summed E-state index contributed by atoms with van der Waals surface area (Å²) < 4.78 is 9.37. The van der Waals surface area contributed by atoms with Crippen molar-refractivity contribution in [3.05, 3.63) is 29.3 Å². The molecule has 2 N–H and O–H groups in total. The second-order valence-corrected chi connectivity index (χ2v) is 5.81. The van der Waals surface area contributed by atoms with E-state index in [9.17, 15) is 19.5 Å². The number of aliphatic hydroxyl groups is 1. The highest BCUT2D eigenvalue weighted by atomic mass is 16.5. The number of benzene rings is 1. The molecule has 1 fully saturated rings. The van der Waals surface area contributed by atoms with Gasteiger partial charge in [0.05, 0.1) is 31.0 Å². The first kappa shape index (κ1) is 18.7. The topological polar surface area (TPSA) is 105 Å². The molecule has 1 atom stereocenters. The quantitative estimate of drug-likeness (QED) is 0.797. The number of carbonyl (C=O) groups is 3. The highest BCUT2D eigenvalue weighted by molar-refractivity contribution is 6.03. The highest BCUT2D eigenvalue weighted by Crippen LogP contribution is 2.22. The molecular weight excluding hydrogens is 328 g/mol. The van der Waals surface area contributed by atoms with E-state index in [4.69, 9.17) is 4.74 Å². The van der Waals surface area contributed by atoms with Crippen LogP contribution in [0.5, 0.6) is 0 Å². The van der Waals surface area contributed by atoms with Crippen molar-refractivity contribution >= 4 is 23.7 Å². The van der Waals surface area contributed by atoms with Crippen LogP contribution < -0.4 is 5.32 Å². The zero-order valence-electron chi connectivity index (χ0n) is 14.3. The van der Waals surface area contributed by atoms with Crippen LogP contribution in [0.2, 0.25) is 0 Å². The van der Waals surface area contributed by atoms with Gasteiger partial charge in [-0.2, -0.15) is 0 Å². The molecule has 25 heavy (non-hydrogen) atoms. The molecule has 1 aliphatic rings. The first-order valence-electron chi connectivity index (χ1n) is 7.97. The van der Waals surface area contributed by atoms with Gasteiger partial charge in [0.2, 0.25) is 0 Å². The predicted octanol–water partition coefficient (Wildman–Crippen LogP) is 1.50. The molecule has 1 aromatic carbocycles. The van der Waals surface area contributed by atoms with Gasteiger partial charge in [0.25, 0.3) is 0 Å². The minimum Gasteiger partial charge on any atom is -0.465 e. The van der Waals surface area contributed by atoms with E-state index in [1.807, 2.05) is 0 Å². The van der Waals surface area contributed by atoms with E-state index in [0.29, 0.717) is 13.1 Å². The molecule has 0 unspecified atom stereocenters. The van der Waals surface area contributed by atoms with E-state index in [-0.39, 0.29) is 29.3 Å². The Bertz CT molecular complexity index is 661. The summed E-state index contributed by atoms with van der Waals surface area (Å²) in [6.07, 6.45) is 1.66. The second-order valence-electron chi connectivity index (χ2n) is 5.81. The van der Waals surface area contributed by atoms with Crippen LogP contribution in [0.1, 0.15) is 33.6 Å². The number of urea groups is 1. The number of methoxy groups -OCH3 is 2. The molecule has 0 spiro atoms. The molecule has 1 saturated heterocycles. The van der Waals surface area contributed by atoms with Crippen LogP contribution in [0.4, 0.5) is 10.5 Å². The van der Waals surface area contributed by atoms with Gasteiger partial charge in [-0.3, -0.25) is 0 Å². The van der Waals surface area contributed by atoms with Crippen molar-refractivity contribution in [2.24, 2.45) is 5.92 Å². The van der Waals surface area contributed by atoms with Crippen molar-refractivity contribution in [3.8, 4) is 0 Å². The smallest absolute Gasteiger partial charge is 0.339 e. The lowest BCUT2D eigenvalue weighted by Crippen LogP contribution is -2.43. The van der Waals surface area contributed by atoms with E-state index in [2.05, 4.69) is 10.1 Å². The lowest BCUT2D eigenvalue weighted by molar-refractivity contribution is 0.0587. The predicted molar refractivity (Wildman–Crippen MR) is 89.5 cm³/mol. The summed E-state index contributed by atoms with van der Waals surface area (Å²) in [7, 11) is 2.48. The first-order valence-corrected chi connectivity index (χ1v) is 7.97. The normalized spacial score (nSPS) is 16.9. The minimum atomic E-state index is -0.626. The number of hydrogen-bond acceptors (Lipinski definition) is 6. The fourth-order valence-corrected chi connectivity index (χ4v) is 2.77. The maximum atomic E-state index is 12.5. The van der Waals surface area contributed by atoms with Crippen LogP contribution in [0.25, 0.3) is 0 Å². The molecule has 1 aromatic rings. The number of aliphatic hydroxyl groups excluding tert-OH is 1. The SMILES string of the molecule is COC(=O)c1ccc(C(=O)OC)c(NC(=O)N2CCC[C@@H](CO)C2)c1. The molecule has 1 heterocycles. The van der Waals surface area contributed by atoms with Gasteiger partial charge in [-0.1, -0.05) is 0 Å². The summed E-state index contributed by atoms with van der Waals surface area (Å²) >= 11 is 0. The first-order chi connectivity index (χ1) is 12.0. The Morgan fingerprint density at radius 3 is 2.60 bits per heavy atom. The lowest BCUT2D eigenvalue weighted by Gasteiger charge is -2.32. The molecule has 136 valence electrons. The zero-order chi connectivity index (χ0) is 18.4. The maximum Gasteiger partial charge on any atom is 0.339 e. The number of carbonyl (C=O) groups excluding carboxylic acids is 3. The van der Waals surface area contributed by atoms with Gasteiger partial charge in [-0.05, 0) is 37.0 Å². The van der Waals surface area contributed by atoms with Crippen molar-refractivity contribution in [3.63, 3.8) is 0 Å². The van der Waals surface area contributed by atoms with E-state index >= 15 is 0 Å². The Kier molecular flexibility index (Phi) is 6.35. The van der Waals surface area contributed by atoms with Gasteiger partial charge in [-0.25, -0.2) is 14.4 Å². The third-order valence-electron chi connectivity index (χ3n) is 4.15.